The minimum atomic E-state index is -0.864. The van der Waals surface area contributed by atoms with Crippen molar-refractivity contribution in [3.8, 4) is 0 Å². The zero-order valence-corrected chi connectivity index (χ0v) is 14.7. The van der Waals surface area contributed by atoms with Gasteiger partial charge in [0.05, 0.1) is 12.5 Å². The first kappa shape index (κ1) is 16.1. The van der Waals surface area contributed by atoms with Crippen molar-refractivity contribution in [1.29, 1.82) is 0 Å². The highest BCUT2D eigenvalue weighted by molar-refractivity contribution is 5.72. The van der Waals surface area contributed by atoms with Gasteiger partial charge in [-0.15, -0.1) is 0 Å². The SMILES string of the molecule is C[C@@]12CCC[C@H]1[C@@H]1C=CC3=C(CC(=O)O)C(O)C=C[C@]3(C)[C@H]1CC2. The molecule has 1 unspecified atom stereocenters. The van der Waals surface area contributed by atoms with Gasteiger partial charge in [-0.3, -0.25) is 4.79 Å². The van der Waals surface area contributed by atoms with Crippen molar-refractivity contribution in [2.24, 2.45) is 28.6 Å². The van der Waals surface area contributed by atoms with Crippen LogP contribution in [-0.4, -0.2) is 22.3 Å². The zero-order valence-electron chi connectivity index (χ0n) is 14.7. The first-order valence-electron chi connectivity index (χ1n) is 9.36. The lowest BCUT2D eigenvalue weighted by molar-refractivity contribution is -0.136. The standard InChI is InChI=1S/C21H28O3/c1-20-9-3-4-15(20)13-5-6-16-14(12-19(23)24)18(22)8-11-21(16,2)17(13)7-10-20/h5-6,8,11,13,15,17-18,22H,3-4,7,9-10,12H2,1-2H3,(H,23,24)/t13-,15-,17-,18?,20-,21-/m0/s1. The lowest BCUT2D eigenvalue weighted by Crippen LogP contribution is -2.47. The van der Waals surface area contributed by atoms with Gasteiger partial charge >= 0.3 is 5.97 Å². The van der Waals surface area contributed by atoms with Crippen LogP contribution in [0.3, 0.4) is 0 Å². The molecule has 2 fully saturated rings. The van der Waals surface area contributed by atoms with Crippen LogP contribution in [0.25, 0.3) is 0 Å². The second kappa shape index (κ2) is 5.32. The molecule has 3 heteroatoms. The molecule has 0 aromatic rings. The molecule has 0 aliphatic heterocycles. The predicted octanol–water partition coefficient (Wildman–Crippen LogP) is 4.10. The molecule has 2 saturated carbocycles. The molecule has 0 saturated heterocycles. The number of aliphatic hydroxyl groups excluding tert-OH is 1. The number of aliphatic hydroxyl groups is 1. The number of hydrogen-bond donors (Lipinski definition) is 2. The van der Waals surface area contributed by atoms with Gasteiger partial charge < -0.3 is 10.2 Å². The Hall–Kier alpha value is -1.35. The molecule has 0 radical (unpaired) electrons. The monoisotopic (exact) mass is 328 g/mol. The molecule has 3 nitrogen and oxygen atoms in total. The molecule has 4 aliphatic rings. The van der Waals surface area contributed by atoms with Gasteiger partial charge in [-0.1, -0.05) is 44.6 Å². The molecule has 4 rings (SSSR count). The van der Waals surface area contributed by atoms with E-state index in [1.807, 2.05) is 6.08 Å². The molecule has 24 heavy (non-hydrogen) atoms. The molecule has 0 aromatic carbocycles. The van der Waals surface area contributed by atoms with Gasteiger partial charge in [-0.2, -0.15) is 0 Å². The molecule has 2 N–H and O–H groups in total. The molecule has 130 valence electrons. The van der Waals surface area contributed by atoms with Gasteiger partial charge in [0.2, 0.25) is 0 Å². The van der Waals surface area contributed by atoms with Crippen LogP contribution in [0.5, 0.6) is 0 Å². The largest absolute Gasteiger partial charge is 0.481 e. The maximum absolute atomic E-state index is 11.3. The fraction of sp³-hybridized carbons (Fsp3) is 0.667. The number of carboxylic acid groups (broad SMARTS) is 1. The third kappa shape index (κ3) is 2.17. The number of fused-ring (bicyclic) bond motifs is 5. The minimum Gasteiger partial charge on any atom is -0.481 e. The summed E-state index contributed by atoms with van der Waals surface area (Å²) in [6, 6.07) is 0. The van der Waals surface area contributed by atoms with Gasteiger partial charge in [-0.25, -0.2) is 0 Å². The van der Waals surface area contributed by atoms with Crippen molar-refractivity contribution in [2.45, 2.75) is 58.5 Å². The maximum atomic E-state index is 11.3. The van der Waals surface area contributed by atoms with Crippen molar-refractivity contribution in [1.82, 2.24) is 0 Å². The Labute approximate surface area is 144 Å². The summed E-state index contributed by atoms with van der Waals surface area (Å²) >= 11 is 0. The molecule has 0 spiro atoms. The fourth-order valence-electron chi connectivity index (χ4n) is 6.34. The molecule has 0 amide bonds. The summed E-state index contributed by atoms with van der Waals surface area (Å²) < 4.78 is 0. The highest BCUT2D eigenvalue weighted by atomic mass is 16.4. The van der Waals surface area contributed by atoms with Gasteiger partial charge in [0.1, 0.15) is 0 Å². The maximum Gasteiger partial charge on any atom is 0.307 e. The highest BCUT2D eigenvalue weighted by Crippen LogP contribution is 2.63. The van der Waals surface area contributed by atoms with Crippen LogP contribution < -0.4 is 0 Å². The summed E-state index contributed by atoms with van der Waals surface area (Å²) in [5, 5.41) is 19.6. The summed E-state index contributed by atoms with van der Waals surface area (Å²) in [5.74, 6) is 1.01. The average molecular weight is 328 g/mol. The van der Waals surface area contributed by atoms with Gasteiger partial charge in [0.25, 0.3) is 0 Å². The zero-order chi connectivity index (χ0) is 17.1. The second-order valence-electron chi connectivity index (χ2n) is 8.83. The summed E-state index contributed by atoms with van der Waals surface area (Å²) in [5.41, 5.74) is 2.10. The van der Waals surface area contributed by atoms with E-state index in [9.17, 15) is 15.0 Å². The topological polar surface area (TPSA) is 57.5 Å². The van der Waals surface area contributed by atoms with Crippen molar-refractivity contribution in [3.05, 3.63) is 35.5 Å². The van der Waals surface area contributed by atoms with E-state index in [0.717, 1.165) is 11.5 Å². The van der Waals surface area contributed by atoms with E-state index < -0.39 is 12.1 Å². The van der Waals surface area contributed by atoms with Gasteiger partial charge in [-0.05, 0) is 60.0 Å². The van der Waals surface area contributed by atoms with Crippen molar-refractivity contribution < 1.29 is 15.0 Å². The second-order valence-corrected chi connectivity index (χ2v) is 8.83. The highest BCUT2D eigenvalue weighted by Gasteiger charge is 2.54. The van der Waals surface area contributed by atoms with Crippen LogP contribution >= 0.6 is 0 Å². The normalized spacial score (nSPS) is 46.5. The Balaban J connectivity index is 1.78. The first-order valence-corrected chi connectivity index (χ1v) is 9.36. The number of carbonyl (C=O) groups is 1. The van der Waals surface area contributed by atoms with Gasteiger partial charge in [0.15, 0.2) is 0 Å². The Kier molecular flexibility index (Phi) is 3.58. The molecule has 4 aliphatic carbocycles. The lowest BCUT2D eigenvalue weighted by atomic mass is 9.50. The van der Waals surface area contributed by atoms with E-state index >= 15 is 0 Å². The van der Waals surface area contributed by atoms with E-state index in [2.05, 4.69) is 32.1 Å². The summed E-state index contributed by atoms with van der Waals surface area (Å²) in [4.78, 5) is 11.3. The summed E-state index contributed by atoms with van der Waals surface area (Å²) in [6.45, 7) is 4.73. The molecule has 6 atom stereocenters. The fourth-order valence-corrected chi connectivity index (χ4v) is 6.34. The van der Waals surface area contributed by atoms with Crippen LogP contribution in [-0.2, 0) is 4.79 Å². The van der Waals surface area contributed by atoms with Crippen LogP contribution in [0.1, 0.15) is 52.4 Å². The molecular formula is C21H28O3. The Morgan fingerprint density at radius 1 is 1.21 bits per heavy atom. The Morgan fingerprint density at radius 2 is 2.00 bits per heavy atom. The van der Waals surface area contributed by atoms with Crippen LogP contribution in [0, 0.1) is 28.6 Å². The summed E-state index contributed by atoms with van der Waals surface area (Å²) in [7, 11) is 0. The number of aliphatic carboxylic acids is 1. The number of hydrogen-bond acceptors (Lipinski definition) is 2. The number of allylic oxidation sites excluding steroid dienone is 4. The smallest absolute Gasteiger partial charge is 0.307 e. The molecule has 0 heterocycles. The van der Waals surface area contributed by atoms with E-state index in [0.29, 0.717) is 22.8 Å². The number of carboxylic acids is 1. The molecular weight excluding hydrogens is 300 g/mol. The predicted molar refractivity (Wildman–Crippen MR) is 93.3 cm³/mol. The molecule has 0 aromatic heterocycles. The van der Waals surface area contributed by atoms with Crippen molar-refractivity contribution in [3.63, 3.8) is 0 Å². The first-order chi connectivity index (χ1) is 11.3. The summed E-state index contributed by atoms with van der Waals surface area (Å²) in [6.07, 6.45) is 14.2. The third-order valence-corrected chi connectivity index (χ3v) is 7.62. The van der Waals surface area contributed by atoms with Crippen LogP contribution in [0.2, 0.25) is 0 Å². The van der Waals surface area contributed by atoms with Crippen LogP contribution in [0.15, 0.2) is 35.5 Å². The number of rotatable bonds is 2. The van der Waals surface area contributed by atoms with E-state index in [1.54, 1.807) is 0 Å². The third-order valence-electron chi connectivity index (χ3n) is 7.62. The Morgan fingerprint density at radius 3 is 2.75 bits per heavy atom. The minimum absolute atomic E-state index is 0.0701. The quantitative estimate of drug-likeness (QED) is 0.750. The average Bonchev–Trinajstić information content (AvgIpc) is 2.92. The van der Waals surface area contributed by atoms with E-state index in [4.69, 9.17) is 0 Å². The van der Waals surface area contributed by atoms with E-state index in [1.165, 1.54) is 32.1 Å². The Bertz CT molecular complexity index is 658. The lowest BCUT2D eigenvalue weighted by Gasteiger charge is -2.54. The van der Waals surface area contributed by atoms with Crippen molar-refractivity contribution >= 4 is 5.97 Å². The van der Waals surface area contributed by atoms with E-state index in [-0.39, 0.29) is 11.8 Å². The van der Waals surface area contributed by atoms with Crippen molar-refractivity contribution in [2.75, 3.05) is 0 Å². The van der Waals surface area contributed by atoms with Gasteiger partial charge in [0, 0.05) is 5.41 Å². The molecule has 0 bridgehead atoms. The van der Waals surface area contributed by atoms with Crippen LogP contribution in [0.4, 0.5) is 0 Å².